The molecule has 2 rings (SSSR count). The largest absolute Gasteiger partial charge is 0.490 e. The third-order valence-corrected chi connectivity index (χ3v) is 7.27. The summed E-state index contributed by atoms with van der Waals surface area (Å²) < 4.78 is 51.3. The molecule has 1 fully saturated rings. The number of nitrogens with two attached hydrogens (primary N) is 1. The highest BCUT2D eigenvalue weighted by Crippen LogP contribution is 2.66. The number of nitrogen functional groups attached to an aromatic ring is 1. The molecule has 2 heterocycles. The number of aliphatic hydroxyl groups is 1. The third-order valence-electron chi connectivity index (χ3n) is 3.47. The molecule has 7 N–H and O–H groups in total. The van der Waals surface area contributed by atoms with Crippen molar-refractivity contribution in [1.82, 2.24) is 9.55 Å². The van der Waals surface area contributed by atoms with Crippen LogP contribution in [0.15, 0.2) is 22.2 Å². The number of phosphoric acid groups is 3. The number of ether oxygens (including phenoxy) is 1. The van der Waals surface area contributed by atoms with Crippen LogP contribution < -0.4 is 11.4 Å². The van der Waals surface area contributed by atoms with Gasteiger partial charge in [-0.1, -0.05) is 5.11 Å². The molecule has 19 nitrogen and oxygen atoms in total. The Morgan fingerprint density at radius 2 is 1.90 bits per heavy atom. The zero-order chi connectivity index (χ0) is 23.6. The second kappa shape index (κ2) is 9.44. The molecule has 1 aliphatic rings. The van der Waals surface area contributed by atoms with E-state index in [0.717, 1.165) is 10.8 Å². The first-order valence-corrected chi connectivity index (χ1v) is 12.2. The van der Waals surface area contributed by atoms with Crippen molar-refractivity contribution in [3.8, 4) is 0 Å². The van der Waals surface area contributed by atoms with Crippen molar-refractivity contribution in [2.75, 3.05) is 12.3 Å². The molecule has 6 atom stereocenters. The van der Waals surface area contributed by atoms with Crippen LogP contribution in [0.25, 0.3) is 10.4 Å². The molecular formula is C9H15N6O13P3. The first-order chi connectivity index (χ1) is 14.1. The van der Waals surface area contributed by atoms with E-state index < -0.39 is 60.2 Å². The Kier molecular flexibility index (Phi) is 7.79. The van der Waals surface area contributed by atoms with Gasteiger partial charge in [0.1, 0.15) is 24.2 Å². The van der Waals surface area contributed by atoms with Crippen LogP contribution >= 0.6 is 23.5 Å². The number of aromatic nitrogens is 2. The highest BCUT2D eigenvalue weighted by Gasteiger charge is 2.47. The topological polar surface area (TPSA) is 299 Å². The lowest BCUT2D eigenvalue weighted by atomic mass is 10.1. The summed E-state index contributed by atoms with van der Waals surface area (Å²) in [5, 5.41) is 13.6. The highest BCUT2D eigenvalue weighted by atomic mass is 31.3. The Bertz CT molecular complexity index is 1070. The average molecular weight is 508 g/mol. The summed E-state index contributed by atoms with van der Waals surface area (Å²) in [6, 6.07) is -0.244. The molecule has 0 spiro atoms. The van der Waals surface area contributed by atoms with Crippen LogP contribution in [0.1, 0.15) is 6.23 Å². The van der Waals surface area contributed by atoms with Crippen molar-refractivity contribution in [3.05, 3.63) is 33.2 Å². The lowest BCUT2D eigenvalue weighted by Crippen LogP contribution is -2.35. The standard InChI is InChI=1S/C9H15N6O13P3/c10-5-1-2-15(9(17)12-5)8-6(13-14-11)7(16)4(26-8)3-25-30(21,22)28-31(23,24)27-29(18,19)20/h1-2,4,6-8,16H,3H2,(H,21,22)(H,23,24)(H2,10,12,17)(H2,18,19,20)/t4-,6?,7?,8-/m1/s1. The van der Waals surface area contributed by atoms with Gasteiger partial charge in [-0.3, -0.25) is 9.09 Å². The Labute approximate surface area is 171 Å². The summed E-state index contributed by atoms with van der Waals surface area (Å²) in [7, 11) is -16.8. The van der Waals surface area contributed by atoms with Gasteiger partial charge in [0.05, 0.1) is 12.7 Å². The van der Waals surface area contributed by atoms with Crippen LogP contribution in [-0.4, -0.2) is 59.1 Å². The van der Waals surface area contributed by atoms with Crippen molar-refractivity contribution >= 4 is 29.3 Å². The molecular weight excluding hydrogens is 493 g/mol. The minimum absolute atomic E-state index is 0.135. The number of hydrogen-bond donors (Lipinski definition) is 6. The van der Waals surface area contributed by atoms with E-state index in [2.05, 4.69) is 28.2 Å². The molecule has 0 aromatic carbocycles. The molecule has 0 radical (unpaired) electrons. The van der Waals surface area contributed by atoms with Gasteiger partial charge in [-0.05, 0) is 11.6 Å². The van der Waals surface area contributed by atoms with Gasteiger partial charge in [-0.2, -0.15) is 13.6 Å². The maximum absolute atomic E-state index is 12.0. The summed E-state index contributed by atoms with van der Waals surface area (Å²) in [4.78, 5) is 53.4. The van der Waals surface area contributed by atoms with E-state index in [0.29, 0.717) is 0 Å². The zero-order valence-corrected chi connectivity index (χ0v) is 17.5. The summed E-state index contributed by atoms with van der Waals surface area (Å²) in [5.41, 5.74) is 13.1. The van der Waals surface area contributed by atoms with Gasteiger partial charge in [0.25, 0.3) is 0 Å². The molecule has 22 heteroatoms. The van der Waals surface area contributed by atoms with Gasteiger partial charge in [-0.25, -0.2) is 18.5 Å². The fourth-order valence-electron chi connectivity index (χ4n) is 2.37. The Morgan fingerprint density at radius 1 is 1.26 bits per heavy atom. The second-order valence-electron chi connectivity index (χ2n) is 5.68. The fraction of sp³-hybridized carbons (Fsp3) is 0.556. The first kappa shape index (κ1) is 25.6. The van der Waals surface area contributed by atoms with Gasteiger partial charge in [0, 0.05) is 11.1 Å². The molecule has 1 saturated heterocycles. The number of hydrogen-bond acceptors (Lipinski definition) is 12. The van der Waals surface area contributed by atoms with Gasteiger partial charge in [0.15, 0.2) is 0 Å². The lowest BCUT2D eigenvalue weighted by Gasteiger charge is -2.19. The minimum atomic E-state index is -5.74. The Balaban J connectivity index is 2.15. The summed E-state index contributed by atoms with van der Waals surface area (Å²) in [5.74, 6) is -0.135. The van der Waals surface area contributed by atoms with Gasteiger partial charge >= 0.3 is 29.2 Å². The van der Waals surface area contributed by atoms with E-state index in [1.807, 2.05) is 0 Å². The maximum atomic E-state index is 12.0. The Hall–Kier alpha value is -1.68. The smallest absolute Gasteiger partial charge is 0.390 e. The van der Waals surface area contributed by atoms with Gasteiger partial charge in [0.2, 0.25) is 0 Å². The first-order valence-electron chi connectivity index (χ1n) is 7.65. The minimum Gasteiger partial charge on any atom is -0.390 e. The van der Waals surface area contributed by atoms with Crippen LogP contribution in [0.2, 0.25) is 0 Å². The molecule has 0 saturated carbocycles. The molecule has 4 unspecified atom stereocenters. The van der Waals surface area contributed by atoms with Crippen LogP contribution in [0.3, 0.4) is 0 Å². The predicted molar refractivity (Wildman–Crippen MR) is 95.6 cm³/mol. The lowest BCUT2D eigenvalue weighted by molar-refractivity contribution is -0.0455. The van der Waals surface area contributed by atoms with Crippen LogP contribution in [0.5, 0.6) is 0 Å². The van der Waals surface area contributed by atoms with Crippen molar-refractivity contribution in [2.24, 2.45) is 5.11 Å². The molecule has 1 aliphatic heterocycles. The molecule has 1 aromatic rings. The van der Waals surface area contributed by atoms with Gasteiger partial charge < -0.3 is 35.2 Å². The van der Waals surface area contributed by atoms with E-state index in [1.165, 1.54) is 6.07 Å². The summed E-state index contributed by atoms with van der Waals surface area (Å²) in [6.45, 7) is -1.03. The molecule has 0 bridgehead atoms. The predicted octanol–water partition coefficient (Wildman–Crippen LogP) is -0.894. The maximum Gasteiger partial charge on any atom is 0.490 e. The van der Waals surface area contributed by atoms with Crippen molar-refractivity contribution in [3.63, 3.8) is 0 Å². The number of phosphoric ester groups is 1. The normalized spacial score (nSPS) is 27.8. The number of rotatable bonds is 9. The van der Waals surface area contributed by atoms with E-state index in [9.17, 15) is 28.5 Å². The number of aliphatic hydroxyl groups excluding tert-OH is 1. The molecule has 1 aromatic heterocycles. The zero-order valence-electron chi connectivity index (χ0n) is 14.8. The van der Waals surface area contributed by atoms with Crippen molar-refractivity contribution in [2.45, 2.75) is 24.5 Å². The monoisotopic (exact) mass is 508 g/mol. The quantitative estimate of drug-likeness (QED) is 0.102. The van der Waals surface area contributed by atoms with Gasteiger partial charge in [-0.15, -0.1) is 0 Å². The van der Waals surface area contributed by atoms with E-state index >= 15 is 0 Å². The van der Waals surface area contributed by atoms with E-state index in [4.69, 9.17) is 30.7 Å². The van der Waals surface area contributed by atoms with Crippen LogP contribution in [-0.2, 0) is 31.6 Å². The Morgan fingerprint density at radius 3 is 2.45 bits per heavy atom. The van der Waals surface area contributed by atoms with E-state index in [1.54, 1.807) is 0 Å². The fourth-order valence-corrected chi connectivity index (χ4v) is 5.40. The number of nitrogens with zero attached hydrogens (tertiary/aromatic N) is 5. The molecule has 0 aliphatic carbocycles. The SMILES string of the molecule is [N-]=[N+]=NC1C(O)[C@@H](COP(=O)(O)OP(=O)(O)OP(=O)(O)O)O[C@H]1n1ccc(N)nc1=O. The number of azide groups is 1. The van der Waals surface area contributed by atoms with Crippen molar-refractivity contribution < 1.29 is 56.3 Å². The van der Waals surface area contributed by atoms with E-state index in [-0.39, 0.29) is 5.82 Å². The summed E-state index contributed by atoms with van der Waals surface area (Å²) >= 11 is 0. The second-order valence-corrected chi connectivity index (χ2v) is 10.1. The van der Waals surface area contributed by atoms with Crippen molar-refractivity contribution in [1.29, 1.82) is 0 Å². The van der Waals surface area contributed by atoms with Crippen LogP contribution in [0.4, 0.5) is 5.82 Å². The highest BCUT2D eigenvalue weighted by molar-refractivity contribution is 7.66. The number of anilines is 1. The summed E-state index contributed by atoms with van der Waals surface area (Å²) in [6.07, 6.45) is -3.58. The third kappa shape index (κ3) is 7.17. The average Bonchev–Trinajstić information content (AvgIpc) is 2.86. The molecule has 0 amide bonds. The molecule has 174 valence electrons. The van der Waals surface area contributed by atoms with Crippen LogP contribution in [0, 0.1) is 0 Å². The molecule has 31 heavy (non-hydrogen) atoms.